The Morgan fingerprint density at radius 1 is 1.20 bits per heavy atom. The van der Waals surface area contributed by atoms with Crippen LogP contribution in [0, 0.1) is 0 Å². The van der Waals surface area contributed by atoms with Gasteiger partial charge < -0.3 is 25.6 Å². The topological polar surface area (TPSA) is 252 Å². The Morgan fingerprint density at radius 2 is 2.02 bits per heavy atom. The van der Waals surface area contributed by atoms with Gasteiger partial charge in [0.25, 0.3) is 5.56 Å². The van der Waals surface area contributed by atoms with Crippen molar-refractivity contribution in [3.05, 3.63) is 23.0 Å². The molecule has 2 bridgehead atoms. The highest BCUT2D eigenvalue weighted by molar-refractivity contribution is 8.07. The summed E-state index contributed by atoms with van der Waals surface area (Å²) < 4.78 is 73.7. The molecule has 3 aromatic heterocycles. The van der Waals surface area contributed by atoms with Crippen LogP contribution in [0.25, 0.3) is 11.2 Å². The predicted molar refractivity (Wildman–Crippen MR) is 153 cm³/mol. The molecule has 0 spiro atoms. The van der Waals surface area contributed by atoms with Crippen LogP contribution in [0.3, 0.4) is 0 Å². The van der Waals surface area contributed by atoms with Crippen LogP contribution in [-0.2, 0) is 39.2 Å². The molecule has 0 amide bonds. The molecular formula is C19H22F2N11O8P2S2+. The minimum Gasteiger partial charge on any atom is -0.382 e. The van der Waals surface area contributed by atoms with Gasteiger partial charge in [-0.15, -0.1) is 26.3 Å². The minimum atomic E-state index is -4.26. The molecule has 10 atom stereocenters. The zero-order chi connectivity index (χ0) is 30.9. The van der Waals surface area contributed by atoms with E-state index in [4.69, 9.17) is 46.1 Å². The Balaban J connectivity index is 1.16. The van der Waals surface area contributed by atoms with Crippen LogP contribution >= 0.6 is 26.7 Å². The predicted octanol–water partition coefficient (Wildman–Crippen LogP) is 0.132. The lowest BCUT2D eigenvalue weighted by Crippen LogP contribution is -2.49. The third kappa shape index (κ3) is 5.20. The zero-order valence-electron chi connectivity index (χ0n) is 21.8. The second kappa shape index (κ2) is 11.3. The number of aromatic amines is 1. The van der Waals surface area contributed by atoms with Gasteiger partial charge in [0.15, 0.2) is 41.3 Å². The first kappa shape index (κ1) is 30.0. The molecule has 10 unspecified atom stereocenters. The number of imidazole rings is 1. The highest BCUT2D eigenvalue weighted by Crippen LogP contribution is 2.55. The number of alkyl halides is 2. The first-order valence-corrected chi connectivity index (χ1v) is 17.3. The number of nitrogens with two attached hydrogens (primary N) is 2. The van der Waals surface area contributed by atoms with Gasteiger partial charge in [0.1, 0.15) is 42.4 Å². The van der Waals surface area contributed by atoms with Crippen LogP contribution < -0.4 is 33.0 Å². The molecule has 4 aliphatic rings. The van der Waals surface area contributed by atoms with Gasteiger partial charge in [-0.3, -0.25) is 24.3 Å². The van der Waals surface area contributed by atoms with Crippen molar-refractivity contribution in [1.82, 2.24) is 35.0 Å². The molecule has 0 aliphatic carbocycles. The van der Waals surface area contributed by atoms with E-state index >= 15 is 8.78 Å². The lowest BCUT2D eigenvalue weighted by molar-refractivity contribution is -0.0207. The van der Waals surface area contributed by atoms with E-state index in [0.717, 1.165) is 11.8 Å². The maximum absolute atomic E-state index is 15.9. The monoisotopic (exact) mass is 696 g/mol. The van der Waals surface area contributed by atoms with Gasteiger partial charge in [-0.2, -0.15) is 4.98 Å². The quantitative estimate of drug-likeness (QED) is 0.195. The molecule has 0 radical (unpaired) electrons. The van der Waals surface area contributed by atoms with E-state index in [9.17, 15) is 14.3 Å². The average Bonchev–Trinajstić information content (AvgIpc) is 3.72. The van der Waals surface area contributed by atoms with Gasteiger partial charge in [0, 0.05) is 4.57 Å². The molecule has 236 valence electrons. The van der Waals surface area contributed by atoms with Crippen LogP contribution in [0.5, 0.6) is 0 Å². The van der Waals surface area contributed by atoms with Gasteiger partial charge >= 0.3 is 15.0 Å². The number of H-pyrrole nitrogens is 1. The number of nitrogens with zero attached hydrogens (tertiary/aromatic N) is 6. The number of ether oxygens (including phenoxy) is 1. The summed E-state index contributed by atoms with van der Waals surface area (Å²) in [5, 5.41) is -0.866. The number of aromatic nitrogens is 6. The van der Waals surface area contributed by atoms with Gasteiger partial charge in [0.2, 0.25) is 5.95 Å². The van der Waals surface area contributed by atoms with Gasteiger partial charge in [0.05, 0.1) is 18.2 Å². The molecule has 3 fully saturated rings. The lowest BCUT2D eigenvalue weighted by Gasteiger charge is -2.27. The zero-order valence-corrected chi connectivity index (χ0v) is 25.2. The van der Waals surface area contributed by atoms with Crippen LogP contribution in [0.2, 0.25) is 0 Å². The SMILES string of the molecule is Nc1nc2c(ncn2C2SC3CO[P+](=O)OC4C(COP(O)(=S)OC2C3F)OC(N2NNc3c(N)ncnc32)C4F)c(=O)[nH]1. The first-order chi connectivity index (χ1) is 21.0. The number of anilines is 4. The molecule has 25 heteroatoms. The molecule has 0 saturated carbocycles. The summed E-state index contributed by atoms with van der Waals surface area (Å²) in [5.74, 6) is 0.0417. The Kier molecular flexibility index (Phi) is 7.69. The second-order valence-corrected chi connectivity index (χ2v) is 14.8. The molecule has 8 N–H and O–H groups in total. The Bertz CT molecular complexity index is 1740. The third-order valence-electron chi connectivity index (χ3n) is 7.11. The molecular weight excluding hydrogens is 674 g/mol. The fourth-order valence-corrected chi connectivity index (χ4v) is 8.97. The summed E-state index contributed by atoms with van der Waals surface area (Å²) in [6.45, 7) is -5.34. The molecule has 0 aromatic carbocycles. The number of rotatable bonds is 2. The maximum Gasteiger partial charge on any atom is 0.697 e. The minimum absolute atomic E-state index is 0.0228. The summed E-state index contributed by atoms with van der Waals surface area (Å²) in [5.41, 5.74) is 16.5. The Morgan fingerprint density at radius 3 is 2.84 bits per heavy atom. The van der Waals surface area contributed by atoms with Crippen molar-refractivity contribution in [1.29, 1.82) is 0 Å². The summed E-state index contributed by atoms with van der Waals surface area (Å²) >= 11 is 6.15. The second-order valence-electron chi connectivity index (χ2n) is 9.78. The summed E-state index contributed by atoms with van der Waals surface area (Å²) in [7, 11) is -3.01. The van der Waals surface area contributed by atoms with Gasteiger partial charge in [-0.05, 0) is 11.8 Å². The lowest BCUT2D eigenvalue weighted by atomic mass is 10.1. The highest BCUT2D eigenvalue weighted by Gasteiger charge is 2.56. The van der Waals surface area contributed by atoms with E-state index in [1.54, 1.807) is 0 Å². The van der Waals surface area contributed by atoms with Crippen LogP contribution in [0.1, 0.15) is 5.37 Å². The maximum atomic E-state index is 15.9. The van der Waals surface area contributed by atoms with Crippen molar-refractivity contribution < 1.29 is 41.1 Å². The largest absolute Gasteiger partial charge is 0.697 e. The molecule has 7 heterocycles. The Hall–Kier alpha value is -2.69. The normalized spacial score (nSPS) is 36.7. The number of hydrazine groups is 2. The fraction of sp³-hybridized carbons (Fsp3) is 0.526. The summed E-state index contributed by atoms with van der Waals surface area (Å²) in [4.78, 5) is 41.7. The molecule has 44 heavy (non-hydrogen) atoms. The summed E-state index contributed by atoms with van der Waals surface area (Å²) in [6, 6.07) is 0. The van der Waals surface area contributed by atoms with Crippen molar-refractivity contribution in [2.24, 2.45) is 0 Å². The molecule has 19 nitrogen and oxygen atoms in total. The number of nitrogen functional groups attached to an aromatic ring is 2. The van der Waals surface area contributed by atoms with Gasteiger partial charge in [-0.1, -0.05) is 0 Å². The molecule has 7 rings (SSSR count). The van der Waals surface area contributed by atoms with E-state index in [2.05, 4.69) is 35.9 Å². The smallest absolute Gasteiger partial charge is 0.382 e. The van der Waals surface area contributed by atoms with E-state index in [-0.39, 0.29) is 34.4 Å². The fourth-order valence-electron chi connectivity index (χ4n) is 5.12. The van der Waals surface area contributed by atoms with Crippen LogP contribution in [-0.4, -0.2) is 89.7 Å². The van der Waals surface area contributed by atoms with Crippen molar-refractivity contribution in [3.8, 4) is 0 Å². The number of nitrogens with one attached hydrogen (secondary N) is 3. The Labute approximate surface area is 254 Å². The number of thioether (sulfide) groups is 1. The first-order valence-electron chi connectivity index (χ1n) is 12.7. The van der Waals surface area contributed by atoms with Gasteiger partial charge in [-0.25, -0.2) is 28.7 Å². The van der Waals surface area contributed by atoms with E-state index in [1.807, 2.05) is 0 Å². The van der Waals surface area contributed by atoms with Crippen LogP contribution in [0.15, 0.2) is 17.4 Å². The number of halogens is 2. The summed E-state index contributed by atoms with van der Waals surface area (Å²) in [6.07, 6.45) is -7.19. The number of hydrogen-bond acceptors (Lipinski definition) is 18. The number of fused-ring (bicyclic) bond motifs is 5. The van der Waals surface area contributed by atoms with E-state index < -0.39 is 81.3 Å². The average molecular weight is 697 g/mol. The van der Waals surface area contributed by atoms with Crippen LogP contribution in [0.4, 0.5) is 32.1 Å². The number of hydrogen-bond donors (Lipinski definition) is 6. The molecule has 3 saturated heterocycles. The molecule has 3 aromatic rings. The highest BCUT2D eigenvalue weighted by atomic mass is 32.5. The van der Waals surface area contributed by atoms with Crippen molar-refractivity contribution in [2.75, 3.05) is 35.1 Å². The van der Waals surface area contributed by atoms with Crippen molar-refractivity contribution in [2.45, 2.75) is 47.5 Å². The van der Waals surface area contributed by atoms with Crippen molar-refractivity contribution in [3.63, 3.8) is 0 Å². The van der Waals surface area contributed by atoms with E-state index in [0.29, 0.717) is 0 Å². The van der Waals surface area contributed by atoms with E-state index in [1.165, 1.54) is 22.2 Å². The standard InChI is InChI=1S/C19H21F2N11O8P2S2/c20-7-6-2-36-41(34)39-11-5(38-17(8(11)21)32-14-9(29-30-32)13(22)24-3-25-14)1-37-42(35,43)40-12(7)18(44-6)31-4-26-10-15(31)27-19(23)28-16(10)33/h3-8,11-12,17-18,29-30H,1-2H2,(H5-,22,23,24,25,27,28,33,35,43)/p+1. The molecule has 4 aliphatic heterocycles. The third-order valence-corrected chi connectivity index (χ3v) is 11.0. The van der Waals surface area contributed by atoms with Crippen molar-refractivity contribution >= 4 is 73.0 Å².